The number of nitrogens with zero attached hydrogens (tertiary/aromatic N) is 2. The zero-order valence-corrected chi connectivity index (χ0v) is 18.0. The molecular weight excluding hydrogens is 364 g/mol. The van der Waals surface area contributed by atoms with Crippen molar-refractivity contribution in [3.8, 4) is 6.07 Å². The lowest BCUT2D eigenvalue weighted by Gasteiger charge is -2.25. The van der Waals surface area contributed by atoms with Crippen molar-refractivity contribution in [1.82, 2.24) is 4.90 Å². The maximum absolute atomic E-state index is 7.32. The Bertz CT molecular complexity index is 698. The second-order valence-corrected chi connectivity index (χ2v) is 8.36. The van der Waals surface area contributed by atoms with E-state index in [2.05, 4.69) is 66.5 Å². The summed E-state index contributed by atoms with van der Waals surface area (Å²) >= 11 is 6.22. The van der Waals surface area contributed by atoms with E-state index in [1.54, 1.807) is 6.07 Å². The lowest BCUT2D eigenvalue weighted by molar-refractivity contribution is 0.322. The molecule has 150 valence electrons. The van der Waals surface area contributed by atoms with E-state index in [1.807, 2.05) is 0 Å². The largest absolute Gasteiger partial charge is 0.302 e. The summed E-state index contributed by atoms with van der Waals surface area (Å²) in [7, 11) is 2.21. The van der Waals surface area contributed by atoms with Crippen molar-refractivity contribution in [2.75, 3.05) is 13.6 Å². The molecule has 1 aliphatic carbocycles. The lowest BCUT2D eigenvalue weighted by atomic mass is 9.83. The molecular formula is C25H33ClN2. The first kappa shape index (κ1) is 22.5. The Kier molecular flexibility index (Phi) is 10.1. The Hall–Kier alpha value is -1.82. The fourth-order valence-electron chi connectivity index (χ4n) is 3.87. The van der Waals surface area contributed by atoms with E-state index in [-0.39, 0.29) is 0 Å². The molecule has 0 amide bonds. The molecule has 2 aromatic rings. The van der Waals surface area contributed by atoms with Gasteiger partial charge in [0.25, 0.3) is 0 Å². The van der Waals surface area contributed by atoms with Crippen molar-refractivity contribution in [3.63, 3.8) is 0 Å². The smallest absolute Gasteiger partial charge is 0.0587 e. The average Bonchev–Trinajstić information content (AvgIpc) is 2.71. The number of benzene rings is 2. The van der Waals surface area contributed by atoms with Gasteiger partial charge in [0.15, 0.2) is 0 Å². The lowest BCUT2D eigenvalue weighted by Crippen LogP contribution is -2.19. The van der Waals surface area contributed by atoms with Gasteiger partial charge >= 0.3 is 0 Å². The predicted octanol–water partition coefficient (Wildman–Crippen LogP) is 6.55. The van der Waals surface area contributed by atoms with Gasteiger partial charge in [-0.2, -0.15) is 5.26 Å². The van der Waals surface area contributed by atoms with Gasteiger partial charge in [0.1, 0.15) is 0 Å². The highest BCUT2D eigenvalue weighted by atomic mass is 35.5. The van der Waals surface area contributed by atoms with Crippen LogP contribution in [0.1, 0.15) is 61.6 Å². The first-order chi connectivity index (χ1) is 13.6. The van der Waals surface area contributed by atoms with E-state index in [0.29, 0.717) is 5.38 Å². The molecule has 0 saturated heterocycles. The van der Waals surface area contributed by atoms with E-state index < -0.39 is 0 Å². The molecule has 1 fully saturated rings. The maximum Gasteiger partial charge on any atom is 0.0587 e. The molecule has 0 unspecified atom stereocenters. The van der Waals surface area contributed by atoms with Gasteiger partial charge in [-0.3, -0.25) is 0 Å². The highest BCUT2D eigenvalue weighted by molar-refractivity contribution is 6.20. The number of alkyl halides is 1. The van der Waals surface area contributed by atoms with Crippen LogP contribution in [0.2, 0.25) is 0 Å². The quantitative estimate of drug-likeness (QED) is 0.496. The van der Waals surface area contributed by atoms with Gasteiger partial charge in [-0.25, -0.2) is 0 Å². The summed E-state index contributed by atoms with van der Waals surface area (Å²) in [5, 5.41) is 7.73. The van der Waals surface area contributed by atoms with Crippen molar-refractivity contribution in [2.45, 2.75) is 63.3 Å². The van der Waals surface area contributed by atoms with Gasteiger partial charge in [0.2, 0.25) is 0 Å². The topological polar surface area (TPSA) is 27.0 Å². The molecule has 0 radical (unpaired) electrons. The van der Waals surface area contributed by atoms with Gasteiger partial charge in [-0.1, -0.05) is 54.6 Å². The van der Waals surface area contributed by atoms with Crippen molar-refractivity contribution in [3.05, 3.63) is 71.3 Å². The minimum Gasteiger partial charge on any atom is -0.302 e. The van der Waals surface area contributed by atoms with Crippen LogP contribution < -0.4 is 0 Å². The number of aryl methyl sites for hydroxylation is 1. The summed E-state index contributed by atoms with van der Waals surface area (Å²) in [6.07, 6.45) is 7.20. The standard InChI is InChI=1S/C23H30ClN.C2H3N/c1-25(18-20-6-3-2-4-7-20)17-5-8-19-9-11-21(12-10-19)22-13-15-23(24)16-14-22;1-2-3/h2-4,6-7,9-12,22-23H,5,8,13-18H2,1H3;1H3. The van der Waals surface area contributed by atoms with Crippen molar-refractivity contribution in [2.24, 2.45) is 0 Å². The molecule has 0 bridgehead atoms. The number of hydrogen-bond donors (Lipinski definition) is 0. The van der Waals surface area contributed by atoms with Gasteiger partial charge in [-0.05, 0) is 74.7 Å². The van der Waals surface area contributed by atoms with Crippen molar-refractivity contribution >= 4 is 11.6 Å². The molecule has 1 aliphatic rings. The molecule has 0 spiro atoms. The summed E-state index contributed by atoms with van der Waals surface area (Å²) in [6, 6.07) is 21.8. The van der Waals surface area contributed by atoms with E-state index in [1.165, 1.54) is 55.7 Å². The zero-order chi connectivity index (χ0) is 20.2. The summed E-state index contributed by atoms with van der Waals surface area (Å²) in [6.45, 7) is 3.60. The Balaban J connectivity index is 0.000000878. The Morgan fingerprint density at radius 3 is 2.18 bits per heavy atom. The Morgan fingerprint density at radius 1 is 0.964 bits per heavy atom. The fourth-order valence-corrected chi connectivity index (χ4v) is 4.12. The third-order valence-electron chi connectivity index (χ3n) is 5.41. The first-order valence-electron chi connectivity index (χ1n) is 10.4. The first-order valence-corrected chi connectivity index (χ1v) is 10.8. The van der Waals surface area contributed by atoms with E-state index in [0.717, 1.165) is 25.4 Å². The van der Waals surface area contributed by atoms with E-state index in [4.69, 9.17) is 16.9 Å². The number of nitriles is 1. The van der Waals surface area contributed by atoms with E-state index >= 15 is 0 Å². The molecule has 28 heavy (non-hydrogen) atoms. The van der Waals surface area contributed by atoms with Gasteiger partial charge in [0, 0.05) is 18.8 Å². The molecule has 0 heterocycles. The van der Waals surface area contributed by atoms with Crippen LogP contribution in [-0.4, -0.2) is 23.9 Å². The summed E-state index contributed by atoms with van der Waals surface area (Å²) in [5.41, 5.74) is 4.36. The summed E-state index contributed by atoms with van der Waals surface area (Å²) in [4.78, 5) is 2.41. The van der Waals surface area contributed by atoms with Gasteiger partial charge in [0.05, 0.1) is 6.07 Å². The Labute approximate surface area is 176 Å². The van der Waals surface area contributed by atoms with Crippen LogP contribution in [-0.2, 0) is 13.0 Å². The summed E-state index contributed by atoms with van der Waals surface area (Å²) < 4.78 is 0. The highest BCUT2D eigenvalue weighted by Gasteiger charge is 2.20. The van der Waals surface area contributed by atoms with E-state index in [9.17, 15) is 0 Å². The molecule has 2 aromatic carbocycles. The van der Waals surface area contributed by atoms with Crippen LogP contribution >= 0.6 is 11.6 Å². The molecule has 0 atom stereocenters. The number of halogens is 1. The molecule has 1 saturated carbocycles. The average molecular weight is 397 g/mol. The predicted molar refractivity (Wildman–Crippen MR) is 120 cm³/mol. The number of rotatable bonds is 7. The monoisotopic (exact) mass is 396 g/mol. The molecule has 0 aliphatic heterocycles. The molecule has 3 heteroatoms. The van der Waals surface area contributed by atoms with Crippen LogP contribution in [0.3, 0.4) is 0 Å². The normalized spacial score (nSPS) is 18.8. The van der Waals surface area contributed by atoms with Crippen LogP contribution in [0.25, 0.3) is 0 Å². The van der Waals surface area contributed by atoms with Crippen molar-refractivity contribution < 1.29 is 0 Å². The van der Waals surface area contributed by atoms with Crippen LogP contribution in [0.5, 0.6) is 0 Å². The minimum atomic E-state index is 0.406. The second kappa shape index (κ2) is 12.6. The zero-order valence-electron chi connectivity index (χ0n) is 17.3. The minimum absolute atomic E-state index is 0.406. The molecule has 0 aromatic heterocycles. The third kappa shape index (κ3) is 8.05. The third-order valence-corrected chi connectivity index (χ3v) is 5.84. The van der Waals surface area contributed by atoms with Gasteiger partial charge in [-0.15, -0.1) is 11.6 Å². The maximum atomic E-state index is 7.32. The van der Waals surface area contributed by atoms with Crippen LogP contribution in [0.15, 0.2) is 54.6 Å². The Morgan fingerprint density at radius 2 is 1.57 bits per heavy atom. The summed E-state index contributed by atoms with van der Waals surface area (Å²) in [5.74, 6) is 0.723. The van der Waals surface area contributed by atoms with Crippen LogP contribution in [0, 0.1) is 11.3 Å². The highest BCUT2D eigenvalue weighted by Crippen LogP contribution is 2.34. The molecule has 0 N–H and O–H groups in total. The second-order valence-electron chi connectivity index (χ2n) is 7.74. The fraction of sp³-hybridized carbons (Fsp3) is 0.480. The van der Waals surface area contributed by atoms with Crippen LogP contribution in [0.4, 0.5) is 0 Å². The van der Waals surface area contributed by atoms with Gasteiger partial charge < -0.3 is 4.90 Å². The SMILES string of the molecule is CC#N.CN(CCCc1ccc(C2CCC(Cl)CC2)cc1)Cc1ccccc1. The number of hydrogen-bond acceptors (Lipinski definition) is 2. The van der Waals surface area contributed by atoms with Crippen molar-refractivity contribution in [1.29, 1.82) is 5.26 Å². The molecule has 2 nitrogen and oxygen atoms in total. The molecule has 3 rings (SSSR count).